The van der Waals surface area contributed by atoms with E-state index in [0.29, 0.717) is 0 Å². The second-order valence-corrected chi connectivity index (χ2v) is 5.93. The lowest BCUT2D eigenvalue weighted by molar-refractivity contribution is 0.313. The summed E-state index contributed by atoms with van der Waals surface area (Å²) in [6.07, 6.45) is 5.58. The summed E-state index contributed by atoms with van der Waals surface area (Å²) in [6, 6.07) is 8.14. The summed E-state index contributed by atoms with van der Waals surface area (Å²) in [7, 11) is 2.07. The fraction of sp³-hybridized carbons (Fsp3) is 0.235. The predicted molar refractivity (Wildman–Crippen MR) is 89.0 cm³/mol. The molecule has 6 heteroatoms. The van der Waals surface area contributed by atoms with Gasteiger partial charge in [-0.25, -0.2) is 14.5 Å². The van der Waals surface area contributed by atoms with Gasteiger partial charge in [0.05, 0.1) is 23.8 Å². The molecule has 3 aromatic heterocycles. The predicted octanol–water partition coefficient (Wildman–Crippen LogP) is 2.55. The number of hydrogen-bond donors (Lipinski definition) is 1. The minimum Gasteiger partial charge on any atom is -0.341 e. The van der Waals surface area contributed by atoms with E-state index in [0.717, 1.165) is 41.2 Å². The zero-order valence-corrected chi connectivity index (χ0v) is 13.2. The van der Waals surface area contributed by atoms with E-state index in [-0.39, 0.29) is 0 Å². The minimum absolute atomic E-state index is 0.748. The molecule has 4 rings (SSSR count). The van der Waals surface area contributed by atoms with Crippen LogP contribution in [-0.4, -0.2) is 36.5 Å². The molecule has 0 bridgehead atoms. The van der Waals surface area contributed by atoms with Gasteiger partial charge in [-0.15, -0.1) is 0 Å². The first-order chi connectivity index (χ1) is 11.2. The maximum atomic E-state index is 4.65. The van der Waals surface area contributed by atoms with Crippen LogP contribution < -0.4 is 0 Å². The first-order valence-corrected chi connectivity index (χ1v) is 7.60. The van der Waals surface area contributed by atoms with E-state index >= 15 is 0 Å². The third-order valence-electron chi connectivity index (χ3n) is 3.90. The molecule has 0 fully saturated rings. The maximum absolute atomic E-state index is 4.65. The molecule has 23 heavy (non-hydrogen) atoms. The Bertz CT molecular complexity index is 967. The summed E-state index contributed by atoms with van der Waals surface area (Å²) < 4.78 is 1.80. The fourth-order valence-electron chi connectivity index (χ4n) is 2.84. The Morgan fingerprint density at radius 2 is 2.17 bits per heavy atom. The average Bonchev–Trinajstić information content (AvgIpc) is 3.11. The Morgan fingerprint density at radius 3 is 3.09 bits per heavy atom. The number of aromatic nitrogens is 5. The van der Waals surface area contributed by atoms with Crippen LogP contribution in [-0.2, 0) is 13.1 Å². The molecule has 1 aromatic carbocycles. The van der Waals surface area contributed by atoms with Crippen molar-refractivity contribution in [3.63, 3.8) is 0 Å². The van der Waals surface area contributed by atoms with Crippen LogP contribution in [0.2, 0.25) is 0 Å². The first-order valence-electron chi connectivity index (χ1n) is 7.60. The summed E-state index contributed by atoms with van der Waals surface area (Å²) in [5, 5.41) is 4.33. The number of hydrogen-bond acceptors (Lipinski definition) is 4. The Kier molecular flexibility index (Phi) is 3.31. The summed E-state index contributed by atoms with van der Waals surface area (Å²) in [6.45, 7) is 3.61. The molecule has 0 saturated heterocycles. The van der Waals surface area contributed by atoms with Crippen LogP contribution in [0.15, 0.2) is 42.9 Å². The number of nitrogens with one attached hydrogen (secondary N) is 1. The summed E-state index contributed by atoms with van der Waals surface area (Å²) in [5.74, 6) is 0.970. The molecule has 0 spiro atoms. The molecule has 0 atom stereocenters. The Hall–Kier alpha value is -2.73. The van der Waals surface area contributed by atoms with Crippen molar-refractivity contribution >= 4 is 16.7 Å². The van der Waals surface area contributed by atoms with Crippen LogP contribution in [0.3, 0.4) is 0 Å². The second kappa shape index (κ2) is 5.48. The minimum atomic E-state index is 0.748. The molecule has 3 heterocycles. The number of H-pyrrole nitrogens is 1. The van der Waals surface area contributed by atoms with Crippen molar-refractivity contribution in [3.8, 4) is 0 Å². The van der Waals surface area contributed by atoms with Gasteiger partial charge in [-0.2, -0.15) is 5.10 Å². The van der Waals surface area contributed by atoms with Gasteiger partial charge in [0, 0.05) is 24.5 Å². The van der Waals surface area contributed by atoms with E-state index in [4.69, 9.17) is 0 Å². The third-order valence-corrected chi connectivity index (χ3v) is 3.90. The topological polar surface area (TPSA) is 62.1 Å². The van der Waals surface area contributed by atoms with Crippen LogP contribution in [0.25, 0.3) is 16.7 Å². The number of fused-ring (bicyclic) bond motifs is 2. The average molecular weight is 306 g/mol. The lowest BCUT2D eigenvalue weighted by atomic mass is 10.2. The van der Waals surface area contributed by atoms with Gasteiger partial charge in [-0.05, 0) is 37.7 Å². The molecule has 6 nitrogen and oxygen atoms in total. The molecule has 116 valence electrons. The van der Waals surface area contributed by atoms with Crippen LogP contribution >= 0.6 is 0 Å². The molecule has 0 radical (unpaired) electrons. The normalized spacial score (nSPS) is 11.8. The zero-order chi connectivity index (χ0) is 15.8. The number of aromatic amines is 1. The highest BCUT2D eigenvalue weighted by atomic mass is 15.2. The van der Waals surface area contributed by atoms with E-state index in [1.54, 1.807) is 10.7 Å². The van der Waals surface area contributed by atoms with E-state index in [2.05, 4.69) is 57.1 Å². The van der Waals surface area contributed by atoms with Crippen molar-refractivity contribution in [2.24, 2.45) is 0 Å². The number of benzene rings is 1. The van der Waals surface area contributed by atoms with Crippen molar-refractivity contribution in [1.29, 1.82) is 0 Å². The first kappa shape index (κ1) is 13.9. The van der Waals surface area contributed by atoms with E-state index in [1.807, 2.05) is 18.5 Å². The molecule has 0 aliphatic rings. The standard InChI is InChI=1S/C17H18N6/c1-12-4-5-14-15(8-12)21-16(20-14)11-22(2)10-13-9-19-23-7-3-6-18-17(13)23/h3-9H,10-11H2,1-2H3,(H,20,21). The Morgan fingerprint density at radius 1 is 1.26 bits per heavy atom. The Balaban J connectivity index is 1.53. The smallest absolute Gasteiger partial charge is 0.159 e. The highest BCUT2D eigenvalue weighted by molar-refractivity contribution is 5.75. The van der Waals surface area contributed by atoms with Crippen LogP contribution in [0, 0.1) is 6.92 Å². The van der Waals surface area contributed by atoms with Gasteiger partial charge in [-0.1, -0.05) is 6.07 Å². The Labute approximate surface area is 133 Å². The lowest BCUT2D eigenvalue weighted by Gasteiger charge is -2.13. The molecular weight excluding hydrogens is 288 g/mol. The van der Waals surface area contributed by atoms with Gasteiger partial charge < -0.3 is 4.98 Å². The zero-order valence-electron chi connectivity index (χ0n) is 13.2. The number of imidazole rings is 1. The van der Waals surface area contributed by atoms with E-state index in [9.17, 15) is 0 Å². The van der Waals surface area contributed by atoms with E-state index in [1.165, 1.54) is 5.56 Å². The molecule has 0 unspecified atom stereocenters. The molecule has 0 aliphatic carbocycles. The van der Waals surface area contributed by atoms with Crippen molar-refractivity contribution in [3.05, 3.63) is 59.8 Å². The SMILES string of the molecule is Cc1ccc2nc(CN(C)Cc3cnn4cccnc34)[nH]c2c1. The molecule has 0 amide bonds. The van der Waals surface area contributed by atoms with Gasteiger partial charge in [0.2, 0.25) is 0 Å². The number of rotatable bonds is 4. The monoisotopic (exact) mass is 306 g/mol. The van der Waals surface area contributed by atoms with Gasteiger partial charge in [0.15, 0.2) is 5.65 Å². The van der Waals surface area contributed by atoms with Crippen LogP contribution in [0.1, 0.15) is 17.0 Å². The largest absolute Gasteiger partial charge is 0.341 e. The second-order valence-electron chi connectivity index (χ2n) is 5.93. The maximum Gasteiger partial charge on any atom is 0.159 e. The van der Waals surface area contributed by atoms with Crippen molar-refractivity contribution < 1.29 is 0 Å². The molecule has 0 saturated carbocycles. The molecular formula is C17H18N6. The fourth-order valence-corrected chi connectivity index (χ4v) is 2.84. The summed E-state index contributed by atoms with van der Waals surface area (Å²) >= 11 is 0. The van der Waals surface area contributed by atoms with Crippen LogP contribution in [0.4, 0.5) is 0 Å². The lowest BCUT2D eigenvalue weighted by Crippen LogP contribution is -2.18. The number of aryl methyl sites for hydroxylation is 1. The van der Waals surface area contributed by atoms with Crippen molar-refractivity contribution in [1.82, 2.24) is 29.5 Å². The highest BCUT2D eigenvalue weighted by Crippen LogP contribution is 2.15. The van der Waals surface area contributed by atoms with Gasteiger partial charge in [0.25, 0.3) is 0 Å². The van der Waals surface area contributed by atoms with Gasteiger partial charge in [0.1, 0.15) is 5.82 Å². The van der Waals surface area contributed by atoms with Gasteiger partial charge in [-0.3, -0.25) is 4.90 Å². The van der Waals surface area contributed by atoms with Crippen molar-refractivity contribution in [2.45, 2.75) is 20.0 Å². The molecule has 4 aromatic rings. The summed E-state index contributed by atoms with van der Waals surface area (Å²) in [5.41, 5.74) is 5.35. The molecule has 1 N–H and O–H groups in total. The van der Waals surface area contributed by atoms with E-state index < -0.39 is 0 Å². The third kappa shape index (κ3) is 2.68. The molecule has 0 aliphatic heterocycles. The summed E-state index contributed by atoms with van der Waals surface area (Å²) in [4.78, 5) is 14.6. The highest BCUT2D eigenvalue weighted by Gasteiger charge is 2.10. The quantitative estimate of drug-likeness (QED) is 0.629. The van der Waals surface area contributed by atoms with Gasteiger partial charge >= 0.3 is 0 Å². The van der Waals surface area contributed by atoms with Crippen LogP contribution in [0.5, 0.6) is 0 Å². The van der Waals surface area contributed by atoms with Crippen molar-refractivity contribution in [2.75, 3.05) is 7.05 Å². The number of nitrogens with zero attached hydrogens (tertiary/aromatic N) is 5.